The first-order chi connectivity index (χ1) is 9.34. The van der Waals surface area contributed by atoms with E-state index in [0.29, 0.717) is 12.3 Å². The van der Waals surface area contributed by atoms with Crippen LogP contribution in [0.15, 0.2) is 0 Å². The molecular formula is C14H26N2O3. The molecule has 2 aliphatic heterocycles. The maximum atomic E-state index is 11.7. The summed E-state index contributed by atoms with van der Waals surface area (Å²) in [5.41, 5.74) is 0. The molecule has 5 nitrogen and oxygen atoms in total. The third-order valence-corrected chi connectivity index (χ3v) is 3.88. The molecule has 2 heterocycles. The summed E-state index contributed by atoms with van der Waals surface area (Å²) in [6.07, 6.45) is 3.78. The fourth-order valence-corrected chi connectivity index (χ4v) is 2.60. The second-order valence-corrected chi connectivity index (χ2v) is 5.43. The number of rotatable bonds is 7. The highest BCUT2D eigenvalue weighted by atomic mass is 16.5. The summed E-state index contributed by atoms with van der Waals surface area (Å²) >= 11 is 0. The first-order valence-corrected chi connectivity index (χ1v) is 7.49. The van der Waals surface area contributed by atoms with Gasteiger partial charge in [-0.2, -0.15) is 0 Å². The molecule has 5 heteroatoms. The van der Waals surface area contributed by atoms with E-state index in [1.54, 1.807) is 0 Å². The van der Waals surface area contributed by atoms with E-state index in [9.17, 15) is 4.79 Å². The largest absolute Gasteiger partial charge is 0.381 e. The van der Waals surface area contributed by atoms with Crippen molar-refractivity contribution in [2.45, 2.75) is 25.7 Å². The molecule has 19 heavy (non-hydrogen) atoms. The number of carbonyl (C=O) groups excluding carboxylic acids is 1. The van der Waals surface area contributed by atoms with Crippen molar-refractivity contribution < 1.29 is 14.3 Å². The van der Waals surface area contributed by atoms with Gasteiger partial charge in [0.1, 0.15) is 0 Å². The minimum atomic E-state index is 0.187. The lowest BCUT2D eigenvalue weighted by atomic mass is 10.1. The van der Waals surface area contributed by atoms with Gasteiger partial charge < -0.3 is 14.8 Å². The zero-order chi connectivity index (χ0) is 13.3. The van der Waals surface area contributed by atoms with Gasteiger partial charge in [0, 0.05) is 39.3 Å². The van der Waals surface area contributed by atoms with Gasteiger partial charge in [0.2, 0.25) is 5.91 Å². The van der Waals surface area contributed by atoms with E-state index in [-0.39, 0.29) is 5.91 Å². The smallest absolute Gasteiger partial charge is 0.220 e. The Kier molecular flexibility index (Phi) is 6.61. The quantitative estimate of drug-likeness (QED) is 0.738. The van der Waals surface area contributed by atoms with Gasteiger partial charge in [0.15, 0.2) is 0 Å². The van der Waals surface area contributed by atoms with Crippen LogP contribution in [0.5, 0.6) is 0 Å². The Bertz CT molecular complexity index is 261. The van der Waals surface area contributed by atoms with Crippen LogP contribution < -0.4 is 5.32 Å². The van der Waals surface area contributed by atoms with E-state index in [1.165, 1.54) is 0 Å². The van der Waals surface area contributed by atoms with Crippen LogP contribution in [0.2, 0.25) is 0 Å². The van der Waals surface area contributed by atoms with E-state index in [0.717, 1.165) is 71.9 Å². The summed E-state index contributed by atoms with van der Waals surface area (Å²) in [4.78, 5) is 14.0. The van der Waals surface area contributed by atoms with Gasteiger partial charge in [-0.3, -0.25) is 9.69 Å². The summed E-state index contributed by atoms with van der Waals surface area (Å²) in [5, 5.41) is 3.01. The molecule has 0 aliphatic carbocycles. The van der Waals surface area contributed by atoms with Crippen molar-refractivity contribution in [1.82, 2.24) is 10.2 Å². The molecule has 110 valence electrons. The highest BCUT2D eigenvalue weighted by Gasteiger charge is 2.15. The molecule has 1 amide bonds. The lowest BCUT2D eigenvalue weighted by Crippen LogP contribution is -2.37. The normalized spacial score (nSPS) is 24.5. The van der Waals surface area contributed by atoms with E-state index < -0.39 is 0 Å². The third-order valence-electron chi connectivity index (χ3n) is 3.88. The molecule has 2 saturated heterocycles. The summed E-state index contributed by atoms with van der Waals surface area (Å²) in [6.45, 7) is 7.22. The first kappa shape index (κ1) is 14.8. The second kappa shape index (κ2) is 8.51. The molecule has 0 aromatic carbocycles. The highest BCUT2D eigenvalue weighted by Crippen LogP contribution is 2.15. The SMILES string of the molecule is O=C(CCCN1CCOCC1)NCCC1CCOC1. The van der Waals surface area contributed by atoms with Crippen LogP contribution in [0.4, 0.5) is 0 Å². The molecule has 0 bridgehead atoms. The number of morpholine rings is 1. The highest BCUT2D eigenvalue weighted by molar-refractivity contribution is 5.75. The van der Waals surface area contributed by atoms with Crippen molar-refractivity contribution in [2.75, 3.05) is 52.6 Å². The van der Waals surface area contributed by atoms with Crippen molar-refractivity contribution >= 4 is 5.91 Å². The molecule has 2 fully saturated rings. The monoisotopic (exact) mass is 270 g/mol. The predicted molar refractivity (Wildman–Crippen MR) is 73.0 cm³/mol. The van der Waals surface area contributed by atoms with E-state index in [2.05, 4.69) is 10.2 Å². The molecule has 0 aromatic heterocycles. The molecule has 2 aliphatic rings. The minimum absolute atomic E-state index is 0.187. The van der Waals surface area contributed by atoms with Crippen molar-refractivity contribution in [3.8, 4) is 0 Å². The molecule has 0 spiro atoms. The van der Waals surface area contributed by atoms with Gasteiger partial charge in [0.05, 0.1) is 13.2 Å². The maximum absolute atomic E-state index is 11.7. The standard InChI is InChI=1S/C14H26N2O3/c17-14(15-5-3-13-4-9-19-12-13)2-1-6-16-7-10-18-11-8-16/h13H,1-12H2,(H,15,17). The number of nitrogens with one attached hydrogen (secondary N) is 1. The number of hydrogen-bond acceptors (Lipinski definition) is 4. The molecule has 1 atom stereocenters. The van der Waals surface area contributed by atoms with Gasteiger partial charge >= 0.3 is 0 Å². The topological polar surface area (TPSA) is 50.8 Å². The van der Waals surface area contributed by atoms with Crippen molar-refractivity contribution in [2.24, 2.45) is 5.92 Å². The fraction of sp³-hybridized carbons (Fsp3) is 0.929. The summed E-state index contributed by atoms with van der Waals surface area (Å²) in [5.74, 6) is 0.834. The van der Waals surface area contributed by atoms with Gasteiger partial charge in [-0.15, -0.1) is 0 Å². The maximum Gasteiger partial charge on any atom is 0.220 e. The lowest BCUT2D eigenvalue weighted by Gasteiger charge is -2.26. The Morgan fingerprint density at radius 2 is 2.05 bits per heavy atom. The summed E-state index contributed by atoms with van der Waals surface area (Å²) in [6, 6.07) is 0. The zero-order valence-electron chi connectivity index (χ0n) is 11.7. The molecule has 0 saturated carbocycles. The molecule has 1 N–H and O–H groups in total. The van der Waals surface area contributed by atoms with Crippen LogP contribution in [0.1, 0.15) is 25.7 Å². The lowest BCUT2D eigenvalue weighted by molar-refractivity contribution is -0.121. The average molecular weight is 270 g/mol. The zero-order valence-corrected chi connectivity index (χ0v) is 11.7. The number of carbonyl (C=O) groups is 1. The van der Waals surface area contributed by atoms with E-state index >= 15 is 0 Å². The first-order valence-electron chi connectivity index (χ1n) is 7.49. The molecule has 2 rings (SSSR count). The second-order valence-electron chi connectivity index (χ2n) is 5.43. The molecule has 0 radical (unpaired) electrons. The Hall–Kier alpha value is -0.650. The Labute approximate surface area is 115 Å². The molecule has 1 unspecified atom stereocenters. The average Bonchev–Trinajstić information content (AvgIpc) is 2.93. The molecule has 0 aromatic rings. The number of hydrogen-bond donors (Lipinski definition) is 1. The van der Waals surface area contributed by atoms with Crippen LogP contribution in [0, 0.1) is 5.92 Å². The number of nitrogens with zero attached hydrogens (tertiary/aromatic N) is 1. The molecular weight excluding hydrogens is 244 g/mol. The van der Waals surface area contributed by atoms with Gasteiger partial charge in [-0.05, 0) is 31.7 Å². The van der Waals surface area contributed by atoms with Crippen molar-refractivity contribution in [3.05, 3.63) is 0 Å². The van der Waals surface area contributed by atoms with Crippen molar-refractivity contribution in [1.29, 1.82) is 0 Å². The summed E-state index contributed by atoms with van der Waals surface area (Å²) < 4.78 is 10.6. The van der Waals surface area contributed by atoms with Crippen LogP contribution >= 0.6 is 0 Å². The van der Waals surface area contributed by atoms with E-state index in [1.807, 2.05) is 0 Å². The fourth-order valence-electron chi connectivity index (χ4n) is 2.60. The van der Waals surface area contributed by atoms with Crippen LogP contribution in [0.25, 0.3) is 0 Å². The minimum Gasteiger partial charge on any atom is -0.381 e. The van der Waals surface area contributed by atoms with Crippen LogP contribution in [-0.2, 0) is 14.3 Å². The van der Waals surface area contributed by atoms with Crippen LogP contribution in [-0.4, -0.2) is 63.4 Å². The van der Waals surface area contributed by atoms with Gasteiger partial charge in [-0.1, -0.05) is 0 Å². The van der Waals surface area contributed by atoms with Gasteiger partial charge in [0.25, 0.3) is 0 Å². The van der Waals surface area contributed by atoms with E-state index in [4.69, 9.17) is 9.47 Å². The van der Waals surface area contributed by atoms with Gasteiger partial charge in [-0.25, -0.2) is 0 Å². The Morgan fingerprint density at radius 1 is 1.21 bits per heavy atom. The van der Waals surface area contributed by atoms with Crippen LogP contribution in [0.3, 0.4) is 0 Å². The third kappa shape index (κ3) is 5.89. The van der Waals surface area contributed by atoms with Crippen molar-refractivity contribution in [3.63, 3.8) is 0 Å². The Balaban J connectivity index is 1.44. The Morgan fingerprint density at radius 3 is 2.79 bits per heavy atom. The number of amides is 1. The number of ether oxygens (including phenoxy) is 2. The predicted octanol–water partition coefficient (Wildman–Crippen LogP) is 0.642. The summed E-state index contributed by atoms with van der Waals surface area (Å²) in [7, 11) is 0.